The average molecular weight is 247 g/mol. The molecular weight excluding hydrogens is 222 g/mol. The van der Waals surface area contributed by atoms with Crippen LogP contribution < -0.4 is 5.32 Å². The van der Waals surface area contributed by atoms with Crippen molar-refractivity contribution in [2.75, 3.05) is 7.05 Å². The smallest absolute Gasteiger partial charge is 0.0989 e. The molecule has 0 bridgehead atoms. The molecule has 0 aromatic carbocycles. The summed E-state index contributed by atoms with van der Waals surface area (Å²) in [7, 11) is 1.88. The van der Waals surface area contributed by atoms with E-state index in [4.69, 9.17) is 5.11 Å². The SMILES string of the molecule is CNC(CC1CCCCC1)C(O)CC(O)S. The van der Waals surface area contributed by atoms with Crippen molar-refractivity contribution in [2.24, 2.45) is 5.92 Å². The first-order valence-electron chi connectivity index (χ1n) is 6.35. The summed E-state index contributed by atoms with van der Waals surface area (Å²) in [5, 5.41) is 22.2. The highest BCUT2D eigenvalue weighted by Gasteiger charge is 2.24. The molecule has 1 rings (SSSR count). The summed E-state index contributed by atoms with van der Waals surface area (Å²) in [4.78, 5) is 0. The minimum absolute atomic E-state index is 0.0879. The second-order valence-electron chi connectivity index (χ2n) is 4.92. The molecule has 0 aromatic rings. The monoisotopic (exact) mass is 247 g/mol. The van der Waals surface area contributed by atoms with Crippen LogP contribution in [-0.2, 0) is 0 Å². The minimum Gasteiger partial charge on any atom is -0.391 e. The van der Waals surface area contributed by atoms with Gasteiger partial charge in [0.2, 0.25) is 0 Å². The summed E-state index contributed by atoms with van der Waals surface area (Å²) in [6.07, 6.45) is 7.43. The molecule has 0 aliphatic heterocycles. The summed E-state index contributed by atoms with van der Waals surface area (Å²) in [6, 6.07) is 0.0879. The van der Waals surface area contributed by atoms with E-state index in [0.717, 1.165) is 12.3 Å². The van der Waals surface area contributed by atoms with Gasteiger partial charge in [0.1, 0.15) is 0 Å². The van der Waals surface area contributed by atoms with Gasteiger partial charge in [0.25, 0.3) is 0 Å². The molecular formula is C12H25NO2S. The van der Waals surface area contributed by atoms with E-state index in [2.05, 4.69) is 17.9 Å². The highest BCUT2D eigenvalue weighted by molar-refractivity contribution is 7.80. The van der Waals surface area contributed by atoms with E-state index in [1.165, 1.54) is 32.1 Å². The van der Waals surface area contributed by atoms with Crippen LogP contribution in [0.25, 0.3) is 0 Å². The van der Waals surface area contributed by atoms with E-state index >= 15 is 0 Å². The topological polar surface area (TPSA) is 52.5 Å². The number of aliphatic hydroxyl groups is 2. The van der Waals surface area contributed by atoms with Gasteiger partial charge in [0.15, 0.2) is 0 Å². The standard InChI is InChI=1S/C12H25NO2S/c1-13-10(11(14)8-12(15)16)7-9-5-3-2-4-6-9/h9-16H,2-8H2,1H3. The fraction of sp³-hybridized carbons (Fsp3) is 1.00. The summed E-state index contributed by atoms with van der Waals surface area (Å²) in [6.45, 7) is 0. The zero-order valence-corrected chi connectivity index (χ0v) is 11.0. The average Bonchev–Trinajstić information content (AvgIpc) is 2.26. The van der Waals surface area contributed by atoms with Crippen LogP contribution in [0.1, 0.15) is 44.9 Å². The molecule has 96 valence electrons. The third-order valence-electron chi connectivity index (χ3n) is 3.60. The van der Waals surface area contributed by atoms with Crippen molar-refractivity contribution < 1.29 is 10.2 Å². The molecule has 4 heteroatoms. The molecule has 0 spiro atoms. The molecule has 1 fully saturated rings. The van der Waals surface area contributed by atoms with Gasteiger partial charge in [-0.25, -0.2) is 0 Å². The van der Waals surface area contributed by atoms with E-state index < -0.39 is 11.5 Å². The first-order chi connectivity index (χ1) is 7.63. The van der Waals surface area contributed by atoms with Crippen molar-refractivity contribution in [2.45, 2.75) is 62.5 Å². The van der Waals surface area contributed by atoms with Crippen molar-refractivity contribution in [1.29, 1.82) is 0 Å². The molecule has 0 heterocycles. The maximum absolute atomic E-state index is 9.94. The second-order valence-corrected chi connectivity index (χ2v) is 5.51. The van der Waals surface area contributed by atoms with Gasteiger partial charge in [-0.05, 0) is 19.4 Å². The van der Waals surface area contributed by atoms with Gasteiger partial charge in [-0.3, -0.25) is 0 Å². The Morgan fingerprint density at radius 1 is 1.25 bits per heavy atom. The van der Waals surface area contributed by atoms with Crippen molar-refractivity contribution in [3.63, 3.8) is 0 Å². The van der Waals surface area contributed by atoms with Crippen molar-refractivity contribution in [3.8, 4) is 0 Å². The Balaban J connectivity index is 2.34. The third kappa shape index (κ3) is 5.04. The Bertz CT molecular complexity index is 184. The van der Waals surface area contributed by atoms with Gasteiger partial charge < -0.3 is 15.5 Å². The molecule has 1 saturated carbocycles. The van der Waals surface area contributed by atoms with Crippen LogP contribution in [0.4, 0.5) is 0 Å². The molecule has 3 unspecified atom stereocenters. The van der Waals surface area contributed by atoms with Crippen molar-refractivity contribution in [1.82, 2.24) is 5.32 Å². The second kappa shape index (κ2) is 7.54. The molecule has 3 N–H and O–H groups in total. The lowest BCUT2D eigenvalue weighted by atomic mass is 9.83. The lowest BCUT2D eigenvalue weighted by molar-refractivity contribution is 0.0773. The highest BCUT2D eigenvalue weighted by atomic mass is 32.1. The molecule has 16 heavy (non-hydrogen) atoms. The van der Waals surface area contributed by atoms with E-state index in [0.29, 0.717) is 6.42 Å². The fourth-order valence-electron chi connectivity index (χ4n) is 2.63. The third-order valence-corrected chi connectivity index (χ3v) is 3.81. The molecule has 0 aromatic heterocycles. The zero-order chi connectivity index (χ0) is 12.0. The van der Waals surface area contributed by atoms with Crippen LogP contribution in [-0.4, -0.2) is 34.8 Å². The van der Waals surface area contributed by atoms with Crippen LogP contribution >= 0.6 is 12.6 Å². The van der Waals surface area contributed by atoms with Crippen LogP contribution in [0.5, 0.6) is 0 Å². The Hall–Kier alpha value is 0.230. The number of thiol groups is 1. The van der Waals surface area contributed by atoms with Crippen molar-refractivity contribution >= 4 is 12.6 Å². The predicted molar refractivity (Wildman–Crippen MR) is 69.7 cm³/mol. The van der Waals surface area contributed by atoms with E-state index in [1.54, 1.807) is 0 Å². The van der Waals surface area contributed by atoms with Gasteiger partial charge in [-0.2, -0.15) is 0 Å². The Morgan fingerprint density at radius 3 is 2.38 bits per heavy atom. The van der Waals surface area contributed by atoms with Crippen LogP contribution in [0.15, 0.2) is 0 Å². The molecule has 1 aliphatic carbocycles. The van der Waals surface area contributed by atoms with Crippen LogP contribution in [0.3, 0.4) is 0 Å². The number of nitrogens with one attached hydrogen (secondary N) is 1. The maximum Gasteiger partial charge on any atom is 0.0989 e. The summed E-state index contributed by atoms with van der Waals surface area (Å²) >= 11 is 3.90. The Labute approximate surface area is 104 Å². The summed E-state index contributed by atoms with van der Waals surface area (Å²) in [5.74, 6) is 0.734. The van der Waals surface area contributed by atoms with Gasteiger partial charge in [0, 0.05) is 12.5 Å². The molecule has 3 atom stereocenters. The van der Waals surface area contributed by atoms with Crippen LogP contribution in [0.2, 0.25) is 0 Å². The number of hydrogen-bond acceptors (Lipinski definition) is 4. The minimum atomic E-state index is -0.725. The van der Waals surface area contributed by atoms with Gasteiger partial charge in [0.05, 0.1) is 11.5 Å². The normalized spacial score (nSPS) is 24.0. The number of hydrogen-bond donors (Lipinski definition) is 4. The van der Waals surface area contributed by atoms with Gasteiger partial charge in [-0.15, -0.1) is 12.6 Å². The van der Waals surface area contributed by atoms with Crippen LogP contribution in [0, 0.1) is 5.92 Å². The lowest BCUT2D eigenvalue weighted by Crippen LogP contribution is -2.40. The Morgan fingerprint density at radius 2 is 1.88 bits per heavy atom. The number of aliphatic hydroxyl groups excluding tert-OH is 2. The summed E-state index contributed by atoms with van der Waals surface area (Å²) < 4.78 is 0. The first-order valence-corrected chi connectivity index (χ1v) is 6.86. The Kier molecular flexibility index (Phi) is 6.73. The number of rotatable bonds is 6. The molecule has 0 radical (unpaired) electrons. The lowest BCUT2D eigenvalue weighted by Gasteiger charge is -2.29. The molecule has 0 saturated heterocycles. The van der Waals surface area contributed by atoms with Gasteiger partial charge in [-0.1, -0.05) is 32.1 Å². The largest absolute Gasteiger partial charge is 0.391 e. The van der Waals surface area contributed by atoms with E-state index in [1.807, 2.05) is 7.05 Å². The zero-order valence-electron chi connectivity index (χ0n) is 10.1. The first kappa shape index (κ1) is 14.3. The molecule has 1 aliphatic rings. The fourth-order valence-corrected chi connectivity index (χ4v) is 2.85. The molecule has 3 nitrogen and oxygen atoms in total. The number of likely N-dealkylation sites (N-methyl/N-ethyl adjacent to an activating group) is 1. The van der Waals surface area contributed by atoms with E-state index in [9.17, 15) is 5.11 Å². The quantitative estimate of drug-likeness (QED) is 0.425. The predicted octanol–water partition coefficient (Wildman–Crippen LogP) is 1.54. The van der Waals surface area contributed by atoms with Gasteiger partial charge >= 0.3 is 0 Å². The maximum atomic E-state index is 9.94. The summed E-state index contributed by atoms with van der Waals surface area (Å²) in [5.41, 5.74) is -0.725. The molecule has 0 amide bonds. The highest BCUT2D eigenvalue weighted by Crippen LogP contribution is 2.28. The van der Waals surface area contributed by atoms with E-state index in [-0.39, 0.29) is 6.04 Å². The van der Waals surface area contributed by atoms with Crippen molar-refractivity contribution in [3.05, 3.63) is 0 Å².